The summed E-state index contributed by atoms with van der Waals surface area (Å²) >= 11 is 0. The van der Waals surface area contributed by atoms with E-state index in [9.17, 15) is 13.6 Å². The lowest BCUT2D eigenvalue weighted by Gasteiger charge is -1.99. The van der Waals surface area contributed by atoms with Gasteiger partial charge in [0.1, 0.15) is 0 Å². The first-order valence-electron chi connectivity index (χ1n) is 4.07. The molecule has 0 unspecified atom stereocenters. The topological polar surface area (TPSA) is 57.5 Å². The van der Waals surface area contributed by atoms with Gasteiger partial charge in [-0.15, -0.1) is 0 Å². The summed E-state index contributed by atoms with van der Waals surface area (Å²) in [7, 11) is 0. The van der Waals surface area contributed by atoms with Crippen LogP contribution in [-0.2, 0) is 4.79 Å². The van der Waals surface area contributed by atoms with Crippen LogP contribution in [-0.4, -0.2) is 16.2 Å². The molecule has 15 heavy (non-hydrogen) atoms. The number of carboxylic acid groups (broad SMARTS) is 1. The summed E-state index contributed by atoms with van der Waals surface area (Å²) in [5.74, 6) is -4.23. The first-order chi connectivity index (χ1) is 7.00. The fourth-order valence-corrected chi connectivity index (χ4v) is 0.977. The van der Waals surface area contributed by atoms with E-state index in [4.69, 9.17) is 10.2 Å². The Morgan fingerprint density at radius 1 is 1.33 bits per heavy atom. The van der Waals surface area contributed by atoms with Crippen molar-refractivity contribution in [3.8, 4) is 5.75 Å². The lowest BCUT2D eigenvalue weighted by molar-refractivity contribution is -0.135. The van der Waals surface area contributed by atoms with E-state index in [0.717, 1.165) is 12.1 Å². The highest BCUT2D eigenvalue weighted by molar-refractivity contribution is 5.70. The molecule has 0 radical (unpaired) electrons. The van der Waals surface area contributed by atoms with Crippen molar-refractivity contribution in [1.29, 1.82) is 0 Å². The number of halogens is 2. The summed E-state index contributed by atoms with van der Waals surface area (Å²) in [6, 6.07) is 1.83. The molecule has 0 fully saturated rings. The molecule has 0 aliphatic heterocycles. The fourth-order valence-electron chi connectivity index (χ4n) is 0.977. The predicted octanol–water partition coefficient (Wildman–Crippen LogP) is 2.16. The molecule has 0 saturated carbocycles. The molecule has 3 nitrogen and oxygen atoms in total. The zero-order valence-electron chi connectivity index (χ0n) is 7.58. The van der Waals surface area contributed by atoms with Crippen molar-refractivity contribution in [3.63, 3.8) is 0 Å². The van der Waals surface area contributed by atoms with Crippen LogP contribution < -0.4 is 0 Å². The maximum atomic E-state index is 12.8. The number of carbonyl (C=O) groups is 1. The van der Waals surface area contributed by atoms with Crippen molar-refractivity contribution in [2.24, 2.45) is 0 Å². The van der Waals surface area contributed by atoms with E-state index in [1.54, 1.807) is 0 Å². The summed E-state index contributed by atoms with van der Waals surface area (Å²) in [4.78, 5) is 10.1. The number of benzene rings is 1. The van der Waals surface area contributed by atoms with Crippen LogP contribution in [0, 0.1) is 11.6 Å². The number of carboxylic acids is 1. The zero-order valence-corrected chi connectivity index (χ0v) is 7.58. The minimum atomic E-state index is -1.08. The van der Waals surface area contributed by atoms with Gasteiger partial charge in [0.2, 0.25) is 0 Å². The van der Waals surface area contributed by atoms with Crippen molar-refractivity contribution in [2.75, 3.05) is 0 Å². The Morgan fingerprint density at radius 2 is 1.87 bits per heavy atom. The van der Waals surface area contributed by atoms with E-state index in [1.807, 2.05) is 0 Å². The van der Waals surface area contributed by atoms with Gasteiger partial charge in [0.15, 0.2) is 17.4 Å². The van der Waals surface area contributed by atoms with Gasteiger partial charge in [-0.2, -0.15) is 0 Å². The standard InChI is InChI=1S/C10H8F2O3/c11-7-4-6(2-1-3-9(13)14)5-8(12)10(7)15/h1-2,4-5,15H,3H2,(H,13,14). The molecule has 0 spiro atoms. The lowest BCUT2D eigenvalue weighted by atomic mass is 10.2. The van der Waals surface area contributed by atoms with Crippen LogP contribution in [0.4, 0.5) is 8.78 Å². The average molecular weight is 214 g/mol. The molecule has 2 N–H and O–H groups in total. The molecule has 5 heteroatoms. The maximum Gasteiger partial charge on any atom is 0.307 e. The van der Waals surface area contributed by atoms with Crippen LogP contribution >= 0.6 is 0 Å². The molecule has 1 aromatic rings. The van der Waals surface area contributed by atoms with Crippen molar-refractivity contribution in [1.82, 2.24) is 0 Å². The minimum Gasteiger partial charge on any atom is -0.503 e. The number of hydrogen-bond acceptors (Lipinski definition) is 2. The number of aromatic hydroxyl groups is 1. The van der Waals surface area contributed by atoms with Gasteiger partial charge < -0.3 is 10.2 Å². The molecule has 0 heterocycles. The summed E-state index contributed by atoms with van der Waals surface area (Å²) < 4.78 is 25.6. The van der Waals surface area contributed by atoms with E-state index >= 15 is 0 Å². The maximum absolute atomic E-state index is 12.8. The van der Waals surface area contributed by atoms with E-state index in [2.05, 4.69) is 0 Å². The average Bonchev–Trinajstić information content (AvgIpc) is 2.13. The van der Waals surface area contributed by atoms with Gasteiger partial charge in [0, 0.05) is 0 Å². The molecule has 0 aliphatic rings. The van der Waals surface area contributed by atoms with Crippen LogP contribution in [0.3, 0.4) is 0 Å². The van der Waals surface area contributed by atoms with Crippen molar-refractivity contribution < 1.29 is 23.8 Å². The van der Waals surface area contributed by atoms with Gasteiger partial charge in [-0.05, 0) is 17.7 Å². The molecule has 1 rings (SSSR count). The quantitative estimate of drug-likeness (QED) is 0.810. The summed E-state index contributed by atoms with van der Waals surface area (Å²) in [5, 5.41) is 17.1. The highest BCUT2D eigenvalue weighted by atomic mass is 19.1. The fraction of sp³-hybridized carbons (Fsp3) is 0.100. The monoisotopic (exact) mass is 214 g/mol. The number of hydrogen-bond donors (Lipinski definition) is 2. The minimum absolute atomic E-state index is 0.157. The molecular formula is C10H8F2O3. The first-order valence-corrected chi connectivity index (χ1v) is 4.07. The third-order valence-corrected chi connectivity index (χ3v) is 1.64. The summed E-state index contributed by atoms with van der Waals surface area (Å²) in [5.41, 5.74) is 0.157. The Hall–Kier alpha value is -1.91. The lowest BCUT2D eigenvalue weighted by Crippen LogP contribution is -1.90. The highest BCUT2D eigenvalue weighted by Crippen LogP contribution is 2.21. The van der Waals surface area contributed by atoms with Crippen LogP contribution in [0.5, 0.6) is 5.75 Å². The van der Waals surface area contributed by atoms with Crippen LogP contribution in [0.15, 0.2) is 18.2 Å². The predicted molar refractivity (Wildman–Crippen MR) is 49.3 cm³/mol. The molecule has 0 amide bonds. The Labute approximate surface area is 84.3 Å². The third kappa shape index (κ3) is 3.05. The van der Waals surface area contributed by atoms with E-state index in [1.165, 1.54) is 12.2 Å². The molecule has 0 bridgehead atoms. The number of rotatable bonds is 3. The molecule has 1 aromatic carbocycles. The number of aliphatic carboxylic acids is 1. The molecule has 0 aliphatic carbocycles. The van der Waals surface area contributed by atoms with E-state index < -0.39 is 23.4 Å². The SMILES string of the molecule is O=C(O)CC=Cc1cc(F)c(O)c(F)c1. The Balaban J connectivity index is 2.87. The van der Waals surface area contributed by atoms with Gasteiger partial charge in [0.25, 0.3) is 0 Å². The normalized spacial score (nSPS) is 10.8. The van der Waals surface area contributed by atoms with Gasteiger partial charge in [0.05, 0.1) is 6.42 Å². The molecule has 0 saturated heterocycles. The van der Waals surface area contributed by atoms with Gasteiger partial charge >= 0.3 is 5.97 Å². The Kier molecular flexibility index (Phi) is 3.38. The number of phenolic OH excluding ortho intramolecular Hbond substituents is 1. The van der Waals surface area contributed by atoms with Crippen LogP contribution in [0.2, 0.25) is 0 Å². The van der Waals surface area contributed by atoms with Gasteiger partial charge in [-0.25, -0.2) is 8.78 Å². The smallest absolute Gasteiger partial charge is 0.307 e. The molecule has 80 valence electrons. The largest absolute Gasteiger partial charge is 0.503 e. The van der Waals surface area contributed by atoms with Crippen molar-refractivity contribution >= 4 is 12.0 Å². The van der Waals surface area contributed by atoms with Gasteiger partial charge in [-0.3, -0.25) is 4.79 Å². The summed E-state index contributed by atoms with van der Waals surface area (Å²) in [6.07, 6.45) is 2.29. The Morgan fingerprint density at radius 3 is 2.33 bits per heavy atom. The Bertz CT molecular complexity index is 390. The van der Waals surface area contributed by atoms with Crippen molar-refractivity contribution in [2.45, 2.75) is 6.42 Å². The number of phenols is 1. The van der Waals surface area contributed by atoms with Crippen LogP contribution in [0.25, 0.3) is 6.08 Å². The van der Waals surface area contributed by atoms with E-state index in [-0.39, 0.29) is 12.0 Å². The molecule has 0 atom stereocenters. The first kappa shape index (κ1) is 11.2. The molecular weight excluding hydrogens is 206 g/mol. The van der Waals surface area contributed by atoms with Crippen LogP contribution in [0.1, 0.15) is 12.0 Å². The summed E-state index contributed by atoms with van der Waals surface area (Å²) in [6.45, 7) is 0. The second-order valence-electron chi connectivity index (χ2n) is 2.83. The third-order valence-electron chi connectivity index (χ3n) is 1.64. The van der Waals surface area contributed by atoms with Crippen molar-refractivity contribution in [3.05, 3.63) is 35.4 Å². The van der Waals surface area contributed by atoms with Gasteiger partial charge in [-0.1, -0.05) is 12.2 Å². The second-order valence-corrected chi connectivity index (χ2v) is 2.83. The highest BCUT2D eigenvalue weighted by Gasteiger charge is 2.07. The zero-order chi connectivity index (χ0) is 11.4. The second kappa shape index (κ2) is 4.54. The molecule has 0 aromatic heterocycles. The van der Waals surface area contributed by atoms with E-state index in [0.29, 0.717) is 0 Å².